The van der Waals surface area contributed by atoms with E-state index >= 15 is 0 Å². The second-order valence-corrected chi connectivity index (χ2v) is 10.5. The molecule has 2 aromatic heterocycles. The number of hydrogen-bond acceptors (Lipinski definition) is 9. The molecule has 2 fully saturated rings. The van der Waals surface area contributed by atoms with Crippen LogP contribution in [0.25, 0.3) is 10.8 Å². The van der Waals surface area contributed by atoms with E-state index < -0.39 is 23.7 Å². The Morgan fingerprint density at radius 1 is 1.23 bits per heavy atom. The van der Waals surface area contributed by atoms with Crippen molar-refractivity contribution < 1.29 is 27.8 Å². The number of thiazole rings is 1. The van der Waals surface area contributed by atoms with Crippen molar-refractivity contribution in [2.24, 2.45) is 0 Å². The molecule has 1 saturated carbocycles. The van der Waals surface area contributed by atoms with Crippen molar-refractivity contribution >= 4 is 35.4 Å². The minimum Gasteiger partial charge on any atom is -0.443 e. The van der Waals surface area contributed by atoms with E-state index in [-0.39, 0.29) is 43.0 Å². The summed E-state index contributed by atoms with van der Waals surface area (Å²) in [6, 6.07) is 1.17. The molecule has 0 aromatic carbocycles. The number of anilines is 2. The SMILES string of the molecule is CC(C)(C)OC(=O)N(c1cc(N2CCOCC2)nc(-c2nc(C=O)cs2)n1)C1CCC(F)(F)CC1. The third-order valence-electron chi connectivity index (χ3n) is 5.76. The smallest absolute Gasteiger partial charge is 0.416 e. The van der Waals surface area contributed by atoms with Gasteiger partial charge in [0.25, 0.3) is 0 Å². The van der Waals surface area contributed by atoms with E-state index in [0.717, 1.165) is 0 Å². The van der Waals surface area contributed by atoms with Crippen LogP contribution in [0.1, 0.15) is 56.9 Å². The lowest BCUT2D eigenvalue weighted by atomic mass is 9.91. The number of carbonyl (C=O) groups excluding carboxylic acids is 2. The van der Waals surface area contributed by atoms with Gasteiger partial charge in [-0.25, -0.2) is 28.5 Å². The largest absolute Gasteiger partial charge is 0.443 e. The number of aldehydes is 1. The first-order valence-corrected chi connectivity index (χ1v) is 12.5. The van der Waals surface area contributed by atoms with Gasteiger partial charge in [0.15, 0.2) is 17.1 Å². The molecule has 2 aromatic rings. The molecule has 1 aliphatic heterocycles. The standard InChI is InChI=1S/C23H29F2N5O4S/c1-22(2,3)34-21(32)30(16-4-6-23(24,25)7-5-16)18-12-17(29-8-10-33-11-9-29)27-19(28-18)20-26-15(13-31)14-35-20/h12-14,16H,4-11H2,1-3H3. The number of carbonyl (C=O) groups is 2. The molecule has 0 spiro atoms. The van der Waals surface area contributed by atoms with E-state index in [9.17, 15) is 18.4 Å². The lowest BCUT2D eigenvalue weighted by Gasteiger charge is -2.37. The first kappa shape index (κ1) is 25.4. The summed E-state index contributed by atoms with van der Waals surface area (Å²) in [7, 11) is 0. The summed E-state index contributed by atoms with van der Waals surface area (Å²) in [5, 5.41) is 2.02. The van der Waals surface area contributed by atoms with Gasteiger partial charge in [0.05, 0.1) is 13.2 Å². The topological polar surface area (TPSA) is 97.8 Å². The minimum atomic E-state index is -2.75. The lowest BCUT2D eigenvalue weighted by Crippen LogP contribution is -2.47. The molecule has 2 aliphatic rings. The first-order chi connectivity index (χ1) is 16.5. The Kier molecular flexibility index (Phi) is 7.32. The monoisotopic (exact) mass is 509 g/mol. The molecule has 1 saturated heterocycles. The van der Waals surface area contributed by atoms with Crippen LogP contribution in [-0.2, 0) is 9.47 Å². The van der Waals surface area contributed by atoms with Crippen LogP contribution in [0.2, 0.25) is 0 Å². The molecule has 0 atom stereocenters. The lowest BCUT2D eigenvalue weighted by molar-refractivity contribution is -0.0388. The molecular weight excluding hydrogens is 480 g/mol. The molecule has 1 aliphatic carbocycles. The zero-order valence-corrected chi connectivity index (χ0v) is 20.8. The van der Waals surface area contributed by atoms with E-state index in [4.69, 9.17) is 9.47 Å². The van der Waals surface area contributed by atoms with Gasteiger partial charge in [0.1, 0.15) is 22.9 Å². The Bertz CT molecular complexity index is 1060. The molecule has 0 bridgehead atoms. The van der Waals surface area contributed by atoms with E-state index in [1.54, 1.807) is 32.2 Å². The summed E-state index contributed by atoms with van der Waals surface area (Å²) in [6.45, 7) is 7.48. The fourth-order valence-corrected chi connectivity index (χ4v) is 4.76. The molecule has 0 radical (unpaired) electrons. The van der Waals surface area contributed by atoms with Gasteiger partial charge < -0.3 is 14.4 Å². The Morgan fingerprint density at radius 3 is 2.51 bits per heavy atom. The van der Waals surface area contributed by atoms with E-state index in [0.29, 0.717) is 43.4 Å². The number of halogens is 2. The van der Waals surface area contributed by atoms with Crippen molar-refractivity contribution in [3.8, 4) is 10.8 Å². The average molecular weight is 510 g/mol. The van der Waals surface area contributed by atoms with Crippen LogP contribution in [0.4, 0.5) is 25.2 Å². The molecule has 4 rings (SSSR count). The van der Waals surface area contributed by atoms with Crippen molar-refractivity contribution in [1.29, 1.82) is 0 Å². The highest BCUT2D eigenvalue weighted by Crippen LogP contribution is 2.38. The maximum absolute atomic E-state index is 13.9. The van der Waals surface area contributed by atoms with Crippen molar-refractivity contribution in [3.63, 3.8) is 0 Å². The number of alkyl halides is 2. The van der Waals surface area contributed by atoms with E-state index in [1.165, 1.54) is 16.2 Å². The molecule has 190 valence electrons. The van der Waals surface area contributed by atoms with Gasteiger partial charge in [0.2, 0.25) is 5.92 Å². The van der Waals surface area contributed by atoms with E-state index in [2.05, 4.69) is 15.0 Å². The number of hydrogen-bond donors (Lipinski definition) is 0. The van der Waals surface area contributed by atoms with Crippen molar-refractivity contribution in [3.05, 3.63) is 17.1 Å². The van der Waals surface area contributed by atoms with Crippen LogP contribution in [0.3, 0.4) is 0 Å². The number of nitrogens with zero attached hydrogens (tertiary/aromatic N) is 5. The Morgan fingerprint density at radius 2 is 1.91 bits per heavy atom. The van der Waals surface area contributed by atoms with Gasteiger partial charge in [-0.15, -0.1) is 11.3 Å². The van der Waals surface area contributed by atoms with Crippen LogP contribution in [0, 0.1) is 0 Å². The van der Waals surface area contributed by atoms with Crippen molar-refractivity contribution in [2.45, 2.75) is 64.0 Å². The van der Waals surface area contributed by atoms with Crippen LogP contribution in [0.5, 0.6) is 0 Å². The number of aromatic nitrogens is 3. The number of rotatable bonds is 5. The highest BCUT2D eigenvalue weighted by Gasteiger charge is 2.40. The van der Waals surface area contributed by atoms with Gasteiger partial charge in [-0.1, -0.05) is 0 Å². The predicted molar refractivity (Wildman–Crippen MR) is 127 cm³/mol. The summed E-state index contributed by atoms with van der Waals surface area (Å²) < 4.78 is 39.0. The van der Waals surface area contributed by atoms with Gasteiger partial charge >= 0.3 is 6.09 Å². The molecule has 35 heavy (non-hydrogen) atoms. The highest BCUT2D eigenvalue weighted by atomic mass is 32.1. The Labute approximate surface area is 206 Å². The fraction of sp³-hybridized carbons (Fsp3) is 0.609. The van der Waals surface area contributed by atoms with Crippen LogP contribution in [0.15, 0.2) is 11.4 Å². The number of ether oxygens (including phenoxy) is 2. The Hall–Kier alpha value is -2.73. The quantitative estimate of drug-likeness (QED) is 0.541. The maximum Gasteiger partial charge on any atom is 0.416 e. The fourth-order valence-electron chi connectivity index (χ4n) is 4.06. The average Bonchev–Trinajstić information content (AvgIpc) is 3.29. The molecular formula is C23H29F2N5O4S. The van der Waals surface area contributed by atoms with Crippen LogP contribution < -0.4 is 9.80 Å². The molecule has 0 N–H and O–H groups in total. The first-order valence-electron chi connectivity index (χ1n) is 11.6. The molecule has 9 nitrogen and oxygen atoms in total. The summed E-state index contributed by atoms with van der Waals surface area (Å²) in [6.07, 6.45) is -0.420. The number of amides is 1. The molecule has 12 heteroatoms. The molecule has 0 unspecified atom stereocenters. The molecule has 1 amide bonds. The van der Waals surface area contributed by atoms with Gasteiger partial charge in [-0.3, -0.25) is 9.69 Å². The zero-order chi connectivity index (χ0) is 25.2. The zero-order valence-electron chi connectivity index (χ0n) is 20.0. The van der Waals surface area contributed by atoms with Crippen LogP contribution in [-0.4, -0.2) is 71.2 Å². The van der Waals surface area contributed by atoms with Gasteiger partial charge in [-0.2, -0.15) is 0 Å². The maximum atomic E-state index is 13.9. The Balaban J connectivity index is 1.78. The highest BCUT2D eigenvalue weighted by molar-refractivity contribution is 7.13. The van der Waals surface area contributed by atoms with Crippen molar-refractivity contribution in [2.75, 3.05) is 36.1 Å². The normalized spacial score (nSPS) is 18.8. The summed E-state index contributed by atoms with van der Waals surface area (Å²) in [5.41, 5.74) is -0.532. The second kappa shape index (κ2) is 10.1. The third kappa shape index (κ3) is 6.29. The van der Waals surface area contributed by atoms with Crippen molar-refractivity contribution in [1.82, 2.24) is 15.0 Å². The van der Waals surface area contributed by atoms with E-state index in [1.807, 2.05) is 4.90 Å². The summed E-state index contributed by atoms with van der Waals surface area (Å²) in [4.78, 5) is 41.5. The third-order valence-corrected chi connectivity index (χ3v) is 6.61. The number of morpholine rings is 1. The minimum absolute atomic E-state index is 0.116. The van der Waals surface area contributed by atoms with Gasteiger partial charge in [-0.05, 0) is 33.6 Å². The molecule has 3 heterocycles. The second-order valence-electron chi connectivity index (χ2n) is 9.64. The van der Waals surface area contributed by atoms with Gasteiger partial charge in [0, 0.05) is 43.4 Å². The summed E-state index contributed by atoms with van der Waals surface area (Å²) in [5.74, 6) is -1.69. The predicted octanol–water partition coefficient (Wildman–Crippen LogP) is 4.57. The summed E-state index contributed by atoms with van der Waals surface area (Å²) >= 11 is 1.21. The van der Waals surface area contributed by atoms with Crippen LogP contribution >= 0.6 is 11.3 Å².